The Morgan fingerprint density at radius 2 is 2.19 bits per heavy atom. The third-order valence-electron chi connectivity index (χ3n) is 3.39. The van der Waals surface area contributed by atoms with Crippen molar-refractivity contribution in [2.75, 3.05) is 0 Å². The van der Waals surface area contributed by atoms with E-state index in [0.717, 1.165) is 18.6 Å². The molecule has 3 rings (SSSR count). The average Bonchev–Trinajstić information content (AvgIpc) is 3.20. The monoisotopic (exact) mass is 286 g/mol. The summed E-state index contributed by atoms with van der Waals surface area (Å²) < 4.78 is 7.17. The van der Waals surface area contributed by atoms with E-state index in [0.29, 0.717) is 18.3 Å². The van der Waals surface area contributed by atoms with Gasteiger partial charge in [-0.05, 0) is 31.9 Å². The molecule has 1 heterocycles. The van der Waals surface area contributed by atoms with E-state index < -0.39 is 0 Å². The molecule has 110 valence electrons. The van der Waals surface area contributed by atoms with Crippen molar-refractivity contribution in [1.29, 1.82) is 0 Å². The minimum Gasteiger partial charge on any atom is -0.487 e. The van der Waals surface area contributed by atoms with Crippen LogP contribution in [0.4, 0.5) is 0 Å². The predicted octanol–water partition coefficient (Wildman–Crippen LogP) is 1.70. The smallest absolute Gasteiger partial charge is 0.244 e. The van der Waals surface area contributed by atoms with Gasteiger partial charge in [-0.3, -0.25) is 4.79 Å². The fourth-order valence-corrected chi connectivity index (χ4v) is 1.91. The van der Waals surface area contributed by atoms with E-state index in [1.165, 1.54) is 0 Å². The van der Waals surface area contributed by atoms with Crippen molar-refractivity contribution in [3.63, 3.8) is 0 Å². The first-order valence-electron chi connectivity index (χ1n) is 7.11. The van der Waals surface area contributed by atoms with Gasteiger partial charge in [0.2, 0.25) is 5.91 Å². The van der Waals surface area contributed by atoms with Crippen LogP contribution >= 0.6 is 0 Å². The number of carbonyl (C=O) groups is 1. The molecule has 21 heavy (non-hydrogen) atoms. The largest absolute Gasteiger partial charge is 0.487 e. The number of hydrogen-bond acceptors (Lipinski definition) is 4. The topological polar surface area (TPSA) is 69.0 Å². The molecule has 1 aromatic carbocycles. The van der Waals surface area contributed by atoms with Gasteiger partial charge in [0.1, 0.15) is 24.1 Å². The molecule has 6 nitrogen and oxygen atoms in total. The minimum absolute atomic E-state index is 0.0158. The number of nitrogens with zero attached hydrogens (tertiary/aromatic N) is 3. The molecular formula is C15H18N4O2. The third kappa shape index (κ3) is 3.59. The van der Waals surface area contributed by atoms with Crippen LogP contribution in [0.25, 0.3) is 0 Å². The maximum absolute atomic E-state index is 12.0. The van der Waals surface area contributed by atoms with Gasteiger partial charge < -0.3 is 10.1 Å². The SMILES string of the molecule is CC(C(=O)NC1CC1)n1cc(COc2ccccc2)nn1. The molecule has 1 N–H and O–H groups in total. The van der Waals surface area contributed by atoms with Crippen LogP contribution in [0.1, 0.15) is 31.5 Å². The molecule has 6 heteroatoms. The molecule has 0 bridgehead atoms. The Bertz CT molecular complexity index is 607. The van der Waals surface area contributed by atoms with Crippen molar-refractivity contribution in [1.82, 2.24) is 20.3 Å². The lowest BCUT2D eigenvalue weighted by Crippen LogP contribution is -2.32. The predicted molar refractivity (Wildman–Crippen MR) is 76.7 cm³/mol. The second-order valence-electron chi connectivity index (χ2n) is 5.25. The summed E-state index contributed by atoms with van der Waals surface area (Å²) in [7, 11) is 0. The zero-order valence-electron chi connectivity index (χ0n) is 11.9. The van der Waals surface area contributed by atoms with Crippen LogP contribution < -0.4 is 10.1 Å². The Balaban J connectivity index is 1.56. The molecule has 1 aliphatic carbocycles. The third-order valence-corrected chi connectivity index (χ3v) is 3.39. The molecule has 1 unspecified atom stereocenters. The number of benzene rings is 1. The van der Waals surface area contributed by atoms with Gasteiger partial charge in [0.15, 0.2) is 0 Å². The number of hydrogen-bond donors (Lipinski definition) is 1. The first-order valence-corrected chi connectivity index (χ1v) is 7.11. The molecule has 1 fully saturated rings. The number of nitrogens with one attached hydrogen (secondary N) is 1. The maximum atomic E-state index is 12.0. The Labute approximate surface area is 123 Å². The van der Waals surface area contributed by atoms with E-state index in [1.807, 2.05) is 37.3 Å². The molecule has 0 saturated heterocycles. The van der Waals surface area contributed by atoms with Crippen LogP contribution in [-0.4, -0.2) is 26.9 Å². The second-order valence-corrected chi connectivity index (χ2v) is 5.25. The van der Waals surface area contributed by atoms with Crippen molar-refractivity contribution in [3.8, 4) is 5.75 Å². The number of aromatic nitrogens is 3. The van der Waals surface area contributed by atoms with Gasteiger partial charge in [0.25, 0.3) is 0 Å². The highest BCUT2D eigenvalue weighted by Gasteiger charge is 2.26. The van der Waals surface area contributed by atoms with E-state index in [9.17, 15) is 4.79 Å². The normalized spacial score (nSPS) is 15.5. The summed E-state index contributed by atoms with van der Waals surface area (Å²) in [5.74, 6) is 0.768. The van der Waals surface area contributed by atoms with E-state index in [4.69, 9.17) is 4.74 Å². The van der Waals surface area contributed by atoms with Gasteiger partial charge in [0, 0.05) is 6.04 Å². The van der Waals surface area contributed by atoms with Crippen LogP contribution in [0, 0.1) is 0 Å². The first kappa shape index (κ1) is 13.6. The van der Waals surface area contributed by atoms with Crippen LogP contribution in [0.5, 0.6) is 5.75 Å². The number of rotatable bonds is 6. The zero-order chi connectivity index (χ0) is 14.7. The number of para-hydroxylation sites is 1. The quantitative estimate of drug-likeness (QED) is 0.877. The molecule has 1 amide bonds. The van der Waals surface area contributed by atoms with E-state index in [2.05, 4.69) is 15.6 Å². The van der Waals surface area contributed by atoms with Crippen molar-refractivity contribution in [2.24, 2.45) is 0 Å². The Morgan fingerprint density at radius 3 is 2.90 bits per heavy atom. The van der Waals surface area contributed by atoms with Gasteiger partial charge >= 0.3 is 0 Å². The van der Waals surface area contributed by atoms with E-state index >= 15 is 0 Å². The lowest BCUT2D eigenvalue weighted by molar-refractivity contribution is -0.124. The number of amides is 1. The van der Waals surface area contributed by atoms with Gasteiger partial charge in [0.05, 0.1) is 6.20 Å². The summed E-state index contributed by atoms with van der Waals surface area (Å²) in [4.78, 5) is 12.0. The Kier molecular flexibility index (Phi) is 3.85. The number of ether oxygens (including phenoxy) is 1. The van der Waals surface area contributed by atoms with Crippen molar-refractivity contribution in [2.45, 2.75) is 38.5 Å². The summed E-state index contributed by atoms with van der Waals surface area (Å²) in [6, 6.07) is 9.52. The lowest BCUT2D eigenvalue weighted by Gasteiger charge is -2.10. The minimum atomic E-state index is -0.358. The Morgan fingerprint density at radius 1 is 1.43 bits per heavy atom. The van der Waals surface area contributed by atoms with Crippen molar-refractivity contribution in [3.05, 3.63) is 42.2 Å². The highest BCUT2D eigenvalue weighted by Crippen LogP contribution is 2.20. The molecule has 1 aromatic heterocycles. The highest BCUT2D eigenvalue weighted by molar-refractivity contribution is 5.80. The summed E-state index contributed by atoms with van der Waals surface area (Å²) in [6.45, 7) is 2.15. The molecule has 0 spiro atoms. The summed E-state index contributed by atoms with van der Waals surface area (Å²) >= 11 is 0. The van der Waals surface area contributed by atoms with E-state index in [-0.39, 0.29) is 11.9 Å². The van der Waals surface area contributed by atoms with Crippen LogP contribution in [0.3, 0.4) is 0 Å². The molecule has 1 saturated carbocycles. The summed E-state index contributed by atoms with van der Waals surface area (Å²) in [5, 5.41) is 11.0. The molecule has 0 aliphatic heterocycles. The van der Waals surface area contributed by atoms with Crippen LogP contribution in [0.15, 0.2) is 36.5 Å². The molecule has 1 atom stereocenters. The van der Waals surface area contributed by atoms with Crippen LogP contribution in [0.2, 0.25) is 0 Å². The molecular weight excluding hydrogens is 268 g/mol. The van der Waals surface area contributed by atoms with Crippen molar-refractivity contribution < 1.29 is 9.53 Å². The Hall–Kier alpha value is -2.37. The molecule has 1 aliphatic rings. The van der Waals surface area contributed by atoms with Gasteiger partial charge in [-0.15, -0.1) is 5.10 Å². The maximum Gasteiger partial charge on any atom is 0.244 e. The van der Waals surface area contributed by atoms with Gasteiger partial charge in [-0.1, -0.05) is 23.4 Å². The fraction of sp³-hybridized carbons (Fsp3) is 0.400. The van der Waals surface area contributed by atoms with Gasteiger partial charge in [-0.25, -0.2) is 4.68 Å². The molecule has 0 radical (unpaired) electrons. The second kappa shape index (κ2) is 5.95. The summed E-state index contributed by atoms with van der Waals surface area (Å²) in [6.07, 6.45) is 3.90. The van der Waals surface area contributed by atoms with Crippen molar-refractivity contribution >= 4 is 5.91 Å². The zero-order valence-corrected chi connectivity index (χ0v) is 11.9. The standard InChI is InChI=1S/C15H18N4O2/c1-11(15(20)16-12-7-8-12)19-9-13(17-18-19)10-21-14-5-3-2-4-6-14/h2-6,9,11-12H,7-8,10H2,1H3,(H,16,20). The summed E-state index contributed by atoms with van der Waals surface area (Å²) in [5.41, 5.74) is 0.699. The molecule has 2 aromatic rings. The van der Waals surface area contributed by atoms with Crippen LogP contribution in [-0.2, 0) is 11.4 Å². The fourth-order valence-electron chi connectivity index (χ4n) is 1.91. The number of carbonyl (C=O) groups excluding carboxylic acids is 1. The van der Waals surface area contributed by atoms with Gasteiger partial charge in [-0.2, -0.15) is 0 Å². The lowest BCUT2D eigenvalue weighted by atomic mass is 10.3. The average molecular weight is 286 g/mol. The first-order chi connectivity index (χ1) is 10.2. The van der Waals surface area contributed by atoms with E-state index in [1.54, 1.807) is 10.9 Å². The highest BCUT2D eigenvalue weighted by atomic mass is 16.5.